The van der Waals surface area contributed by atoms with Gasteiger partial charge in [0.2, 0.25) is 5.82 Å². The first-order valence-corrected chi connectivity index (χ1v) is 12.9. The summed E-state index contributed by atoms with van der Waals surface area (Å²) < 4.78 is 51.5. The molecule has 0 fully saturated rings. The van der Waals surface area contributed by atoms with Gasteiger partial charge in [-0.15, -0.1) is 0 Å². The predicted octanol–water partition coefficient (Wildman–Crippen LogP) is 7.73. The molecule has 0 N–H and O–H groups in total. The largest absolute Gasteiger partial charge is 0.459 e. The van der Waals surface area contributed by atoms with E-state index in [0.717, 1.165) is 17.2 Å². The molecule has 0 unspecified atom stereocenters. The average Bonchev–Trinajstić information content (AvgIpc) is 3.37. The lowest BCUT2D eigenvalue weighted by Crippen LogP contribution is -2.34. The van der Waals surface area contributed by atoms with Crippen molar-refractivity contribution in [2.75, 3.05) is 13.6 Å². The smallest absolute Gasteiger partial charge is 0.417 e. The van der Waals surface area contributed by atoms with Gasteiger partial charge in [-0.3, -0.25) is 9.69 Å². The Morgan fingerprint density at radius 1 is 0.975 bits per heavy atom. The highest BCUT2D eigenvalue weighted by Crippen LogP contribution is 2.39. The summed E-state index contributed by atoms with van der Waals surface area (Å²) in [6.07, 6.45) is -4.45. The molecule has 0 amide bonds. The van der Waals surface area contributed by atoms with Gasteiger partial charge in [0.15, 0.2) is 0 Å². The Labute approximate surface area is 231 Å². The number of hydrogen-bond donors (Lipinski definition) is 0. The van der Waals surface area contributed by atoms with Gasteiger partial charge >= 0.3 is 12.1 Å². The minimum absolute atomic E-state index is 0.0358. The zero-order chi connectivity index (χ0) is 29.2. The molecule has 6 nitrogen and oxygen atoms in total. The minimum atomic E-state index is -4.45. The van der Waals surface area contributed by atoms with E-state index in [1.54, 1.807) is 31.2 Å². The number of hydrogen-bond acceptors (Lipinski definition) is 6. The number of nitrogens with zero attached hydrogens (tertiary/aromatic N) is 3. The van der Waals surface area contributed by atoms with E-state index in [1.165, 1.54) is 12.1 Å². The van der Waals surface area contributed by atoms with Gasteiger partial charge in [0.25, 0.3) is 5.89 Å². The molecule has 1 atom stereocenters. The van der Waals surface area contributed by atoms with Gasteiger partial charge in [-0.1, -0.05) is 53.7 Å². The maximum Gasteiger partial charge on any atom is 0.417 e. The van der Waals surface area contributed by atoms with Crippen LogP contribution in [0.15, 0.2) is 71.3 Å². The van der Waals surface area contributed by atoms with E-state index in [1.807, 2.05) is 63.9 Å². The van der Waals surface area contributed by atoms with E-state index in [2.05, 4.69) is 10.1 Å². The third kappa shape index (κ3) is 6.77. The van der Waals surface area contributed by atoms with E-state index in [4.69, 9.17) is 9.26 Å². The van der Waals surface area contributed by atoms with Crippen molar-refractivity contribution in [3.8, 4) is 34.0 Å². The molecule has 1 aromatic heterocycles. The Bertz CT molecular complexity index is 1490. The first kappa shape index (κ1) is 29.0. The van der Waals surface area contributed by atoms with E-state index in [-0.39, 0.29) is 30.0 Å². The number of rotatable bonds is 7. The van der Waals surface area contributed by atoms with Gasteiger partial charge in [-0.25, -0.2) is 0 Å². The quantitative estimate of drug-likeness (QED) is 0.219. The molecule has 0 aliphatic heterocycles. The number of aryl methyl sites for hydroxylation is 1. The summed E-state index contributed by atoms with van der Waals surface area (Å²) in [6.45, 7) is 9.43. The molecular weight excluding hydrogens is 519 g/mol. The molecule has 210 valence electrons. The average molecular weight is 552 g/mol. The van der Waals surface area contributed by atoms with Crippen LogP contribution in [0, 0.1) is 6.92 Å². The number of halogens is 3. The third-order valence-corrected chi connectivity index (χ3v) is 6.53. The van der Waals surface area contributed by atoms with Crippen molar-refractivity contribution in [1.82, 2.24) is 15.0 Å². The molecule has 1 heterocycles. The molecule has 3 aromatic carbocycles. The first-order valence-electron chi connectivity index (χ1n) is 12.9. The topological polar surface area (TPSA) is 68.5 Å². The van der Waals surface area contributed by atoms with E-state index in [9.17, 15) is 18.0 Å². The van der Waals surface area contributed by atoms with Crippen LogP contribution < -0.4 is 0 Å². The lowest BCUT2D eigenvalue weighted by atomic mass is 9.94. The Hall–Kier alpha value is -3.98. The van der Waals surface area contributed by atoms with Gasteiger partial charge < -0.3 is 9.26 Å². The lowest BCUT2D eigenvalue weighted by Gasteiger charge is -2.26. The number of alkyl halides is 3. The van der Waals surface area contributed by atoms with Crippen LogP contribution in [0.3, 0.4) is 0 Å². The number of benzene rings is 3. The summed E-state index contributed by atoms with van der Waals surface area (Å²) in [7, 11) is 1.86. The summed E-state index contributed by atoms with van der Waals surface area (Å²) in [6, 6.07) is 18.2. The van der Waals surface area contributed by atoms with Crippen molar-refractivity contribution >= 4 is 5.97 Å². The van der Waals surface area contributed by atoms with Crippen LogP contribution >= 0.6 is 0 Å². The van der Waals surface area contributed by atoms with Gasteiger partial charge in [-0.2, -0.15) is 18.2 Å². The van der Waals surface area contributed by atoms with Crippen LogP contribution in [0.25, 0.3) is 34.0 Å². The second kappa shape index (κ2) is 11.3. The fraction of sp³-hybridized carbons (Fsp3) is 0.323. The number of ether oxygens (including phenoxy) is 1. The number of aromatic nitrogens is 2. The molecule has 0 aliphatic carbocycles. The number of likely N-dealkylation sites (N-methyl/N-ethyl adjacent to an activating group) is 1. The highest BCUT2D eigenvalue weighted by Gasteiger charge is 2.33. The van der Waals surface area contributed by atoms with Crippen LogP contribution in [0.4, 0.5) is 13.2 Å². The summed E-state index contributed by atoms with van der Waals surface area (Å²) in [4.78, 5) is 18.6. The molecule has 0 saturated carbocycles. The Morgan fingerprint density at radius 3 is 2.25 bits per heavy atom. The zero-order valence-electron chi connectivity index (χ0n) is 23.3. The summed E-state index contributed by atoms with van der Waals surface area (Å²) in [5, 5.41) is 4.10. The van der Waals surface area contributed by atoms with Crippen molar-refractivity contribution in [2.24, 2.45) is 0 Å². The maximum atomic E-state index is 13.5. The van der Waals surface area contributed by atoms with E-state index in [0.29, 0.717) is 22.5 Å². The molecule has 0 spiro atoms. The standard InChI is InChI=1S/C31H32F3N3O3/c1-19-17-23(15-16-24(19)25-9-7-8-10-26(25)31(32,33)34)29-35-28(36-40-29)22-13-11-21(12-14-22)20(2)37(6)18-27(38)39-30(3,4)5/h7-17,20H,18H2,1-6H3/t20-/m0/s1. The fourth-order valence-electron chi connectivity index (χ4n) is 4.40. The molecule has 40 heavy (non-hydrogen) atoms. The molecule has 0 saturated heterocycles. The zero-order valence-corrected chi connectivity index (χ0v) is 23.3. The molecule has 0 aliphatic rings. The number of esters is 1. The van der Waals surface area contributed by atoms with Crippen LogP contribution in [-0.4, -0.2) is 40.2 Å². The molecule has 9 heteroatoms. The summed E-state index contributed by atoms with van der Waals surface area (Å²) in [5.74, 6) is 0.370. The van der Waals surface area contributed by atoms with Gasteiger partial charge in [-0.05, 0) is 82.1 Å². The molecule has 0 bridgehead atoms. The van der Waals surface area contributed by atoms with Gasteiger partial charge in [0.05, 0.1) is 12.1 Å². The van der Waals surface area contributed by atoms with Crippen LogP contribution in [0.1, 0.15) is 50.4 Å². The van der Waals surface area contributed by atoms with E-state index >= 15 is 0 Å². The fourth-order valence-corrected chi connectivity index (χ4v) is 4.40. The van der Waals surface area contributed by atoms with Crippen LogP contribution in [-0.2, 0) is 15.7 Å². The second-order valence-electron chi connectivity index (χ2n) is 10.8. The molecule has 0 radical (unpaired) electrons. The second-order valence-corrected chi connectivity index (χ2v) is 10.8. The maximum absolute atomic E-state index is 13.5. The summed E-state index contributed by atoms with van der Waals surface area (Å²) in [5.41, 5.74) is 2.40. The Morgan fingerprint density at radius 2 is 1.62 bits per heavy atom. The van der Waals surface area contributed by atoms with Crippen molar-refractivity contribution in [3.63, 3.8) is 0 Å². The molecular formula is C31H32F3N3O3. The van der Waals surface area contributed by atoms with Crippen molar-refractivity contribution in [3.05, 3.63) is 83.4 Å². The third-order valence-electron chi connectivity index (χ3n) is 6.53. The van der Waals surface area contributed by atoms with Crippen molar-refractivity contribution in [2.45, 2.75) is 52.4 Å². The predicted molar refractivity (Wildman–Crippen MR) is 147 cm³/mol. The normalized spacial score (nSPS) is 12.9. The Balaban J connectivity index is 1.49. The minimum Gasteiger partial charge on any atom is -0.459 e. The van der Waals surface area contributed by atoms with E-state index < -0.39 is 17.3 Å². The number of carbonyl (C=O) groups excluding carboxylic acids is 1. The van der Waals surface area contributed by atoms with Crippen LogP contribution in [0.2, 0.25) is 0 Å². The SMILES string of the molecule is Cc1cc(-c2nc(-c3ccc([C@H](C)N(C)CC(=O)OC(C)(C)C)cc3)no2)ccc1-c1ccccc1C(F)(F)F. The Kier molecular flexibility index (Phi) is 8.16. The molecule has 4 rings (SSSR count). The van der Waals surface area contributed by atoms with Gasteiger partial charge in [0, 0.05) is 17.2 Å². The lowest BCUT2D eigenvalue weighted by molar-refractivity contribution is -0.156. The van der Waals surface area contributed by atoms with Gasteiger partial charge in [0.1, 0.15) is 5.60 Å². The highest BCUT2D eigenvalue weighted by atomic mass is 19.4. The number of carbonyl (C=O) groups is 1. The monoisotopic (exact) mass is 551 g/mol. The van der Waals surface area contributed by atoms with Crippen molar-refractivity contribution < 1.29 is 27.2 Å². The van der Waals surface area contributed by atoms with Crippen molar-refractivity contribution in [1.29, 1.82) is 0 Å². The van der Waals surface area contributed by atoms with Crippen LogP contribution in [0.5, 0.6) is 0 Å². The highest BCUT2D eigenvalue weighted by molar-refractivity contribution is 5.74. The summed E-state index contributed by atoms with van der Waals surface area (Å²) >= 11 is 0. The molecule has 4 aromatic rings. The first-order chi connectivity index (χ1) is 18.7.